The Morgan fingerprint density at radius 1 is 1.24 bits per heavy atom. The summed E-state index contributed by atoms with van der Waals surface area (Å²) in [4.78, 5) is 0. The zero-order valence-corrected chi connectivity index (χ0v) is 9.94. The lowest BCUT2D eigenvalue weighted by molar-refractivity contribution is 0.282. The fourth-order valence-electron chi connectivity index (χ4n) is 1.90. The van der Waals surface area contributed by atoms with Gasteiger partial charge < -0.3 is 9.67 Å². The molecule has 0 atom stereocenters. The molecule has 1 aromatic carbocycles. The molecule has 0 aliphatic carbocycles. The second-order valence-electron chi connectivity index (χ2n) is 4.07. The van der Waals surface area contributed by atoms with Crippen molar-refractivity contribution < 1.29 is 5.11 Å². The summed E-state index contributed by atoms with van der Waals surface area (Å²) in [6.07, 6.45) is 0. The maximum absolute atomic E-state index is 9.11. The largest absolute Gasteiger partial charge is 0.392 e. The van der Waals surface area contributed by atoms with Crippen LogP contribution in [0.25, 0.3) is 5.69 Å². The predicted molar refractivity (Wildman–Crippen MR) is 65.9 cm³/mol. The zero-order chi connectivity index (χ0) is 12.4. The molecule has 0 saturated carbocycles. The van der Waals surface area contributed by atoms with Gasteiger partial charge in [0.25, 0.3) is 0 Å². The predicted octanol–water partition coefficient (Wildman–Crippen LogP) is 2.46. The monoisotopic (exact) mass is 226 g/mol. The lowest BCUT2D eigenvalue weighted by Crippen LogP contribution is -1.99. The van der Waals surface area contributed by atoms with Crippen LogP contribution in [0.1, 0.15) is 22.5 Å². The van der Waals surface area contributed by atoms with Gasteiger partial charge in [0, 0.05) is 11.4 Å². The van der Waals surface area contributed by atoms with Crippen LogP contribution in [0, 0.1) is 25.2 Å². The van der Waals surface area contributed by atoms with E-state index in [1.165, 1.54) is 0 Å². The Morgan fingerprint density at radius 2 is 1.88 bits per heavy atom. The molecule has 0 unspecified atom stereocenters. The SMILES string of the molecule is Cc1cc(C#N)n(-c2ccc(CO)cc2)c1C. The second kappa shape index (κ2) is 4.44. The molecule has 0 fully saturated rings. The summed E-state index contributed by atoms with van der Waals surface area (Å²) in [6, 6.07) is 11.6. The average Bonchev–Trinajstić information content (AvgIpc) is 2.65. The molecule has 0 aliphatic heterocycles. The minimum Gasteiger partial charge on any atom is -0.392 e. The number of benzene rings is 1. The van der Waals surface area contributed by atoms with Gasteiger partial charge in [-0.3, -0.25) is 0 Å². The smallest absolute Gasteiger partial charge is 0.125 e. The van der Waals surface area contributed by atoms with Gasteiger partial charge in [-0.15, -0.1) is 0 Å². The van der Waals surface area contributed by atoms with Gasteiger partial charge in [-0.05, 0) is 43.2 Å². The van der Waals surface area contributed by atoms with E-state index in [0.717, 1.165) is 22.5 Å². The van der Waals surface area contributed by atoms with Gasteiger partial charge in [0.2, 0.25) is 0 Å². The van der Waals surface area contributed by atoms with E-state index in [1.807, 2.05) is 48.7 Å². The normalized spacial score (nSPS) is 10.2. The number of hydrogen-bond acceptors (Lipinski definition) is 2. The molecule has 1 aromatic heterocycles. The molecular formula is C14H14N2O. The highest BCUT2D eigenvalue weighted by molar-refractivity contribution is 5.45. The molecule has 0 spiro atoms. The van der Waals surface area contributed by atoms with Crippen molar-refractivity contribution in [3.05, 3.63) is 52.8 Å². The maximum atomic E-state index is 9.11. The van der Waals surface area contributed by atoms with Gasteiger partial charge in [0.1, 0.15) is 11.8 Å². The van der Waals surface area contributed by atoms with Gasteiger partial charge in [-0.25, -0.2) is 0 Å². The van der Waals surface area contributed by atoms with Crippen LogP contribution in [0.3, 0.4) is 0 Å². The minimum absolute atomic E-state index is 0.0368. The van der Waals surface area contributed by atoms with Crippen LogP contribution in [0.2, 0.25) is 0 Å². The van der Waals surface area contributed by atoms with Gasteiger partial charge in [-0.1, -0.05) is 12.1 Å². The van der Waals surface area contributed by atoms with E-state index < -0.39 is 0 Å². The molecule has 0 saturated heterocycles. The molecular weight excluding hydrogens is 212 g/mol. The number of aryl methyl sites for hydroxylation is 1. The maximum Gasteiger partial charge on any atom is 0.125 e. The standard InChI is InChI=1S/C14H14N2O/c1-10-7-14(8-15)16(11(10)2)13-5-3-12(9-17)4-6-13/h3-7,17H,9H2,1-2H3. The molecule has 86 valence electrons. The minimum atomic E-state index is 0.0368. The first-order valence-corrected chi connectivity index (χ1v) is 5.46. The Bertz CT molecular complexity index is 574. The van der Waals surface area contributed by atoms with Crippen LogP contribution in [0.4, 0.5) is 0 Å². The Hall–Kier alpha value is -2.05. The third-order valence-corrected chi connectivity index (χ3v) is 2.99. The van der Waals surface area contributed by atoms with E-state index in [-0.39, 0.29) is 6.61 Å². The van der Waals surface area contributed by atoms with Crippen molar-refractivity contribution in [2.24, 2.45) is 0 Å². The van der Waals surface area contributed by atoms with Gasteiger partial charge in [0.05, 0.1) is 6.61 Å². The number of aliphatic hydroxyl groups excluding tert-OH is 1. The Balaban J connectivity index is 2.56. The van der Waals surface area contributed by atoms with Crippen molar-refractivity contribution in [1.82, 2.24) is 4.57 Å². The summed E-state index contributed by atoms with van der Waals surface area (Å²) in [7, 11) is 0. The van der Waals surface area contributed by atoms with Crippen LogP contribution < -0.4 is 0 Å². The second-order valence-corrected chi connectivity index (χ2v) is 4.07. The van der Waals surface area contributed by atoms with Crippen LogP contribution in [0.15, 0.2) is 30.3 Å². The molecule has 0 aliphatic rings. The molecule has 2 aromatic rings. The average molecular weight is 226 g/mol. The Morgan fingerprint density at radius 3 is 2.41 bits per heavy atom. The van der Waals surface area contributed by atoms with Gasteiger partial charge >= 0.3 is 0 Å². The molecule has 1 N–H and O–H groups in total. The van der Waals surface area contributed by atoms with Crippen molar-refractivity contribution in [1.29, 1.82) is 5.26 Å². The molecule has 17 heavy (non-hydrogen) atoms. The number of nitrogens with zero attached hydrogens (tertiary/aromatic N) is 2. The third-order valence-electron chi connectivity index (χ3n) is 2.99. The van der Waals surface area contributed by atoms with Crippen LogP contribution >= 0.6 is 0 Å². The quantitative estimate of drug-likeness (QED) is 0.855. The summed E-state index contributed by atoms with van der Waals surface area (Å²) in [5.74, 6) is 0. The summed E-state index contributed by atoms with van der Waals surface area (Å²) in [5.41, 5.74) is 4.63. The number of nitriles is 1. The van der Waals surface area contributed by atoms with Gasteiger partial charge in [-0.2, -0.15) is 5.26 Å². The molecule has 0 radical (unpaired) electrons. The van der Waals surface area contributed by atoms with E-state index in [4.69, 9.17) is 10.4 Å². The van der Waals surface area contributed by atoms with Gasteiger partial charge in [0.15, 0.2) is 0 Å². The van der Waals surface area contributed by atoms with Crippen molar-refractivity contribution >= 4 is 0 Å². The summed E-state index contributed by atoms with van der Waals surface area (Å²) in [6.45, 7) is 4.03. The number of rotatable bonds is 2. The topological polar surface area (TPSA) is 49.0 Å². The summed E-state index contributed by atoms with van der Waals surface area (Å²) >= 11 is 0. The van der Waals surface area contributed by atoms with Crippen molar-refractivity contribution in [2.75, 3.05) is 0 Å². The first-order valence-electron chi connectivity index (χ1n) is 5.46. The lowest BCUT2D eigenvalue weighted by atomic mass is 10.2. The third kappa shape index (κ3) is 1.95. The van der Waals surface area contributed by atoms with E-state index >= 15 is 0 Å². The molecule has 0 amide bonds. The first kappa shape index (κ1) is 11.4. The fourth-order valence-corrected chi connectivity index (χ4v) is 1.90. The van der Waals surface area contributed by atoms with Crippen LogP contribution in [-0.2, 0) is 6.61 Å². The number of aromatic nitrogens is 1. The summed E-state index contributed by atoms with van der Waals surface area (Å²) in [5, 5.41) is 18.1. The number of aliphatic hydroxyl groups is 1. The highest BCUT2D eigenvalue weighted by Gasteiger charge is 2.09. The summed E-state index contributed by atoms with van der Waals surface area (Å²) < 4.78 is 1.93. The van der Waals surface area contributed by atoms with Crippen molar-refractivity contribution in [3.8, 4) is 11.8 Å². The fraction of sp³-hybridized carbons (Fsp3) is 0.214. The Kier molecular flexibility index (Phi) is 2.99. The van der Waals surface area contributed by atoms with Crippen LogP contribution in [0.5, 0.6) is 0 Å². The van der Waals surface area contributed by atoms with Crippen molar-refractivity contribution in [2.45, 2.75) is 20.5 Å². The van der Waals surface area contributed by atoms with E-state index in [1.54, 1.807) is 0 Å². The first-order chi connectivity index (χ1) is 8.17. The van der Waals surface area contributed by atoms with Crippen LogP contribution in [-0.4, -0.2) is 9.67 Å². The Labute approximate surface area is 101 Å². The molecule has 2 rings (SSSR count). The zero-order valence-electron chi connectivity index (χ0n) is 9.94. The van der Waals surface area contributed by atoms with E-state index in [9.17, 15) is 0 Å². The van der Waals surface area contributed by atoms with Crippen molar-refractivity contribution in [3.63, 3.8) is 0 Å². The van der Waals surface area contributed by atoms with E-state index in [0.29, 0.717) is 5.69 Å². The number of hydrogen-bond donors (Lipinski definition) is 1. The molecule has 3 nitrogen and oxygen atoms in total. The molecule has 3 heteroatoms. The molecule has 1 heterocycles. The highest BCUT2D eigenvalue weighted by atomic mass is 16.3. The van der Waals surface area contributed by atoms with E-state index in [2.05, 4.69) is 6.07 Å². The highest BCUT2D eigenvalue weighted by Crippen LogP contribution is 2.20. The molecule has 0 bridgehead atoms. The lowest BCUT2D eigenvalue weighted by Gasteiger charge is -2.08.